The molecule has 0 spiro atoms. The second kappa shape index (κ2) is 4.51. The highest BCUT2D eigenvalue weighted by molar-refractivity contribution is 5.82. The standard InChI is InChI=1S/C12H16N2/c1-3-5-9-7-8-10(6-4-2)12(14)11(9)13/h3-8H,13-14H2,1-2H3/b5-3-,6-4-. The highest BCUT2D eigenvalue weighted by Gasteiger charge is 2.02. The molecule has 2 heteroatoms. The summed E-state index contributed by atoms with van der Waals surface area (Å²) in [5.74, 6) is 0. The first-order chi connectivity index (χ1) is 6.70. The van der Waals surface area contributed by atoms with E-state index < -0.39 is 0 Å². The van der Waals surface area contributed by atoms with Crippen molar-refractivity contribution >= 4 is 23.5 Å². The molecule has 1 aromatic rings. The van der Waals surface area contributed by atoms with Gasteiger partial charge in [-0.05, 0) is 25.0 Å². The van der Waals surface area contributed by atoms with Crippen LogP contribution in [0.2, 0.25) is 0 Å². The van der Waals surface area contributed by atoms with Crippen molar-refractivity contribution in [2.24, 2.45) is 0 Å². The van der Waals surface area contributed by atoms with Crippen LogP contribution in [-0.2, 0) is 0 Å². The second-order valence-electron chi connectivity index (χ2n) is 3.07. The number of hydrogen-bond donors (Lipinski definition) is 2. The topological polar surface area (TPSA) is 52.0 Å². The van der Waals surface area contributed by atoms with Crippen LogP contribution >= 0.6 is 0 Å². The SMILES string of the molecule is C/C=C\c1ccc(/C=C\C)c(N)c1N. The van der Waals surface area contributed by atoms with Crippen molar-refractivity contribution in [3.05, 3.63) is 35.4 Å². The third-order valence-corrected chi connectivity index (χ3v) is 2.05. The largest absolute Gasteiger partial charge is 0.397 e. The molecule has 0 radical (unpaired) electrons. The normalized spacial score (nSPS) is 11.6. The minimum atomic E-state index is 0.652. The van der Waals surface area contributed by atoms with Crippen molar-refractivity contribution in [3.63, 3.8) is 0 Å². The van der Waals surface area contributed by atoms with Gasteiger partial charge in [0.05, 0.1) is 11.4 Å². The molecular formula is C12H16N2. The molecule has 0 saturated heterocycles. The Kier molecular flexibility index (Phi) is 3.35. The van der Waals surface area contributed by atoms with E-state index >= 15 is 0 Å². The van der Waals surface area contributed by atoms with E-state index in [0.717, 1.165) is 11.1 Å². The smallest absolute Gasteiger partial charge is 0.0627 e. The Morgan fingerprint density at radius 1 is 0.857 bits per heavy atom. The van der Waals surface area contributed by atoms with Gasteiger partial charge in [-0.1, -0.05) is 36.4 Å². The van der Waals surface area contributed by atoms with E-state index in [9.17, 15) is 0 Å². The lowest BCUT2D eigenvalue weighted by atomic mass is 10.1. The van der Waals surface area contributed by atoms with Crippen LogP contribution in [0.4, 0.5) is 11.4 Å². The molecular weight excluding hydrogens is 172 g/mol. The van der Waals surface area contributed by atoms with Gasteiger partial charge in [-0.15, -0.1) is 0 Å². The number of nitrogens with two attached hydrogens (primary N) is 2. The van der Waals surface area contributed by atoms with Crippen molar-refractivity contribution in [1.29, 1.82) is 0 Å². The maximum atomic E-state index is 5.89. The second-order valence-corrected chi connectivity index (χ2v) is 3.07. The quantitative estimate of drug-likeness (QED) is 0.701. The van der Waals surface area contributed by atoms with E-state index in [4.69, 9.17) is 11.5 Å². The molecule has 74 valence electrons. The van der Waals surface area contributed by atoms with Gasteiger partial charge in [0, 0.05) is 0 Å². The molecule has 0 unspecified atom stereocenters. The van der Waals surface area contributed by atoms with Crippen LogP contribution in [0.3, 0.4) is 0 Å². The molecule has 0 aliphatic rings. The number of rotatable bonds is 2. The molecule has 4 N–H and O–H groups in total. The molecule has 0 fully saturated rings. The predicted octanol–water partition coefficient (Wildman–Crippen LogP) is 2.92. The summed E-state index contributed by atoms with van der Waals surface area (Å²) in [5, 5.41) is 0. The molecule has 0 amide bonds. The van der Waals surface area contributed by atoms with Gasteiger partial charge in [-0.2, -0.15) is 0 Å². The Hall–Kier alpha value is -1.70. The molecule has 14 heavy (non-hydrogen) atoms. The molecule has 0 atom stereocenters. The minimum absolute atomic E-state index is 0.652. The van der Waals surface area contributed by atoms with Crippen LogP contribution in [0.5, 0.6) is 0 Å². The molecule has 0 saturated carbocycles. The Morgan fingerprint density at radius 3 is 1.50 bits per heavy atom. The zero-order chi connectivity index (χ0) is 10.6. The van der Waals surface area contributed by atoms with Crippen LogP contribution < -0.4 is 11.5 Å². The fourth-order valence-corrected chi connectivity index (χ4v) is 1.32. The summed E-state index contributed by atoms with van der Waals surface area (Å²) < 4.78 is 0. The molecule has 1 aromatic carbocycles. The zero-order valence-electron chi connectivity index (χ0n) is 8.62. The van der Waals surface area contributed by atoms with E-state index in [1.54, 1.807) is 0 Å². The van der Waals surface area contributed by atoms with E-state index in [0.29, 0.717) is 11.4 Å². The van der Waals surface area contributed by atoms with Gasteiger partial charge in [0.1, 0.15) is 0 Å². The molecule has 0 aliphatic heterocycles. The van der Waals surface area contributed by atoms with E-state index in [1.165, 1.54) is 0 Å². The number of nitrogen functional groups attached to an aromatic ring is 2. The van der Waals surface area contributed by atoms with Gasteiger partial charge < -0.3 is 11.5 Å². The molecule has 0 bridgehead atoms. The monoisotopic (exact) mass is 188 g/mol. The average molecular weight is 188 g/mol. The minimum Gasteiger partial charge on any atom is -0.397 e. The summed E-state index contributed by atoms with van der Waals surface area (Å²) in [6.45, 7) is 3.91. The zero-order valence-corrected chi connectivity index (χ0v) is 8.62. The summed E-state index contributed by atoms with van der Waals surface area (Å²) in [6, 6.07) is 3.95. The Bertz CT molecular complexity index is 339. The van der Waals surface area contributed by atoms with Gasteiger partial charge in [-0.25, -0.2) is 0 Å². The number of benzene rings is 1. The van der Waals surface area contributed by atoms with Crippen LogP contribution in [0.25, 0.3) is 12.2 Å². The maximum Gasteiger partial charge on any atom is 0.0627 e. The first kappa shape index (κ1) is 10.4. The van der Waals surface area contributed by atoms with Crippen LogP contribution in [0.15, 0.2) is 24.3 Å². The fraction of sp³-hybridized carbons (Fsp3) is 0.167. The summed E-state index contributed by atoms with van der Waals surface area (Å²) in [5.41, 5.74) is 15.0. The lowest BCUT2D eigenvalue weighted by Crippen LogP contribution is -1.99. The van der Waals surface area contributed by atoms with E-state index in [-0.39, 0.29) is 0 Å². The van der Waals surface area contributed by atoms with Gasteiger partial charge in [0.15, 0.2) is 0 Å². The summed E-state index contributed by atoms with van der Waals surface area (Å²) >= 11 is 0. The van der Waals surface area contributed by atoms with Crippen LogP contribution in [0, 0.1) is 0 Å². The molecule has 2 nitrogen and oxygen atoms in total. The first-order valence-corrected chi connectivity index (χ1v) is 4.64. The summed E-state index contributed by atoms with van der Waals surface area (Å²) in [4.78, 5) is 0. The van der Waals surface area contributed by atoms with Crippen LogP contribution in [0.1, 0.15) is 25.0 Å². The predicted molar refractivity (Wildman–Crippen MR) is 64.7 cm³/mol. The van der Waals surface area contributed by atoms with Crippen molar-refractivity contribution in [3.8, 4) is 0 Å². The van der Waals surface area contributed by atoms with Crippen molar-refractivity contribution in [1.82, 2.24) is 0 Å². The van der Waals surface area contributed by atoms with Crippen LogP contribution in [-0.4, -0.2) is 0 Å². The first-order valence-electron chi connectivity index (χ1n) is 4.64. The van der Waals surface area contributed by atoms with Gasteiger partial charge >= 0.3 is 0 Å². The van der Waals surface area contributed by atoms with Crippen molar-refractivity contribution < 1.29 is 0 Å². The lowest BCUT2D eigenvalue weighted by molar-refractivity contribution is 1.58. The third kappa shape index (κ3) is 1.96. The van der Waals surface area contributed by atoms with Crippen molar-refractivity contribution in [2.45, 2.75) is 13.8 Å². The molecule has 0 aliphatic carbocycles. The maximum absolute atomic E-state index is 5.89. The lowest BCUT2D eigenvalue weighted by Gasteiger charge is -2.07. The average Bonchev–Trinajstić information content (AvgIpc) is 2.18. The Morgan fingerprint density at radius 2 is 1.21 bits per heavy atom. The van der Waals surface area contributed by atoms with Crippen molar-refractivity contribution in [2.75, 3.05) is 11.5 Å². The van der Waals surface area contributed by atoms with Gasteiger partial charge in [0.25, 0.3) is 0 Å². The summed E-state index contributed by atoms with van der Waals surface area (Å²) in [7, 11) is 0. The van der Waals surface area contributed by atoms with Gasteiger partial charge in [-0.3, -0.25) is 0 Å². The molecule has 0 aromatic heterocycles. The Labute approximate surface area is 84.9 Å². The number of allylic oxidation sites excluding steroid dienone is 2. The van der Waals surface area contributed by atoms with Gasteiger partial charge in [0.2, 0.25) is 0 Å². The highest BCUT2D eigenvalue weighted by Crippen LogP contribution is 2.26. The summed E-state index contributed by atoms with van der Waals surface area (Å²) in [6.07, 6.45) is 7.79. The Balaban J connectivity index is 3.25. The highest BCUT2D eigenvalue weighted by atomic mass is 14.7. The van der Waals surface area contributed by atoms with E-state index in [1.807, 2.05) is 50.3 Å². The molecule has 1 rings (SSSR count). The number of anilines is 2. The fourth-order valence-electron chi connectivity index (χ4n) is 1.32. The number of hydrogen-bond acceptors (Lipinski definition) is 2. The molecule has 0 heterocycles. The third-order valence-electron chi connectivity index (χ3n) is 2.05. The van der Waals surface area contributed by atoms with E-state index in [2.05, 4.69) is 0 Å².